The third-order valence-electron chi connectivity index (χ3n) is 9.68. The van der Waals surface area contributed by atoms with Gasteiger partial charge in [-0.2, -0.15) is 0 Å². The predicted molar refractivity (Wildman–Crippen MR) is 161 cm³/mol. The fourth-order valence-corrected chi connectivity index (χ4v) is 7.57. The van der Waals surface area contributed by atoms with Crippen molar-refractivity contribution in [1.82, 2.24) is 4.90 Å². The van der Waals surface area contributed by atoms with Gasteiger partial charge in [0, 0.05) is 24.5 Å². The average Bonchev–Trinajstić information content (AvgIpc) is 3.28. The zero-order valence-corrected chi connectivity index (χ0v) is 24.7. The van der Waals surface area contributed by atoms with Crippen LogP contribution in [0.15, 0.2) is 72.8 Å². The minimum absolute atomic E-state index is 0.197. The molecule has 0 saturated carbocycles. The van der Waals surface area contributed by atoms with Crippen molar-refractivity contribution in [2.45, 2.75) is 63.8 Å². The third-order valence-corrected chi connectivity index (χ3v) is 9.68. The van der Waals surface area contributed by atoms with Gasteiger partial charge in [0.25, 0.3) is 5.91 Å². The van der Waals surface area contributed by atoms with E-state index in [0.717, 1.165) is 22.5 Å². The molecule has 220 valence electrons. The number of nitrogens with zero attached hydrogens (tertiary/aromatic N) is 3. The summed E-state index contributed by atoms with van der Waals surface area (Å²) >= 11 is 0. The first-order chi connectivity index (χ1) is 20.2. The number of para-hydroxylation sites is 1. The maximum absolute atomic E-state index is 14.8. The molecule has 2 fully saturated rings. The molecule has 0 bridgehead atoms. The van der Waals surface area contributed by atoms with Crippen LogP contribution in [-0.2, 0) is 19.1 Å². The maximum atomic E-state index is 14.8. The Labute approximate surface area is 247 Å². The molecular formula is C34H39N3O5. The number of hydrogen-bond acceptors (Lipinski definition) is 5. The SMILES string of the molecule is CC[C@@H](CO)N1C(=O)[C@@H]2[C@@H]3C(=O)N(c4ccccc4)CC=C[C@]3(CC)O[C@@]23C=CCN(c2cc(C)ccc2C)C(=O)C13. The number of anilines is 2. The van der Waals surface area contributed by atoms with Crippen LogP contribution in [-0.4, -0.2) is 70.7 Å². The van der Waals surface area contributed by atoms with Crippen LogP contribution >= 0.6 is 0 Å². The largest absolute Gasteiger partial charge is 0.394 e. The van der Waals surface area contributed by atoms with E-state index in [9.17, 15) is 19.5 Å². The predicted octanol–water partition coefficient (Wildman–Crippen LogP) is 3.94. The molecule has 1 N–H and O–H groups in total. The van der Waals surface area contributed by atoms with Gasteiger partial charge >= 0.3 is 0 Å². The molecule has 4 aliphatic rings. The molecule has 0 radical (unpaired) electrons. The van der Waals surface area contributed by atoms with Crippen LogP contribution in [0, 0.1) is 25.7 Å². The highest BCUT2D eigenvalue weighted by Gasteiger charge is 2.76. The molecule has 8 nitrogen and oxygen atoms in total. The van der Waals surface area contributed by atoms with Crippen molar-refractivity contribution < 1.29 is 24.2 Å². The first-order valence-electron chi connectivity index (χ1n) is 15.0. The van der Waals surface area contributed by atoms with Gasteiger partial charge in [0.15, 0.2) is 0 Å². The number of aliphatic hydroxyl groups excluding tert-OH is 1. The Morgan fingerprint density at radius 2 is 1.62 bits per heavy atom. The van der Waals surface area contributed by atoms with Crippen molar-refractivity contribution in [2.75, 3.05) is 29.5 Å². The first-order valence-corrected chi connectivity index (χ1v) is 15.0. The number of hydrogen-bond donors (Lipinski definition) is 1. The van der Waals surface area contributed by atoms with Gasteiger partial charge in [0.1, 0.15) is 11.6 Å². The summed E-state index contributed by atoms with van der Waals surface area (Å²) in [5, 5.41) is 10.4. The van der Waals surface area contributed by atoms with Crippen LogP contribution in [0.4, 0.5) is 11.4 Å². The zero-order valence-electron chi connectivity index (χ0n) is 24.7. The van der Waals surface area contributed by atoms with Gasteiger partial charge in [-0.3, -0.25) is 14.4 Å². The molecule has 4 aliphatic heterocycles. The fraction of sp³-hybridized carbons (Fsp3) is 0.441. The van der Waals surface area contributed by atoms with Crippen LogP contribution in [0.5, 0.6) is 0 Å². The number of ether oxygens (including phenoxy) is 1. The molecule has 0 aliphatic carbocycles. The van der Waals surface area contributed by atoms with Crippen molar-refractivity contribution in [3.8, 4) is 0 Å². The molecule has 6 atom stereocenters. The number of carbonyl (C=O) groups is 3. The molecular weight excluding hydrogens is 530 g/mol. The van der Waals surface area contributed by atoms with E-state index in [4.69, 9.17) is 4.74 Å². The lowest BCUT2D eigenvalue weighted by Gasteiger charge is -2.40. The van der Waals surface area contributed by atoms with Crippen molar-refractivity contribution in [3.63, 3.8) is 0 Å². The van der Waals surface area contributed by atoms with E-state index < -0.39 is 35.1 Å². The van der Waals surface area contributed by atoms with Crippen LogP contribution in [0.1, 0.15) is 37.8 Å². The molecule has 2 aromatic rings. The van der Waals surface area contributed by atoms with E-state index in [1.54, 1.807) is 9.80 Å². The number of carbonyl (C=O) groups excluding carboxylic acids is 3. The highest BCUT2D eigenvalue weighted by atomic mass is 16.5. The van der Waals surface area contributed by atoms with Crippen molar-refractivity contribution in [3.05, 3.63) is 84.0 Å². The first kappa shape index (κ1) is 28.4. The average molecular weight is 570 g/mol. The van der Waals surface area contributed by atoms with E-state index >= 15 is 0 Å². The van der Waals surface area contributed by atoms with E-state index in [1.807, 2.05) is 101 Å². The number of aryl methyl sites for hydroxylation is 2. The van der Waals surface area contributed by atoms with E-state index in [0.29, 0.717) is 25.9 Å². The second-order valence-electron chi connectivity index (χ2n) is 11.9. The molecule has 42 heavy (non-hydrogen) atoms. The highest BCUT2D eigenvalue weighted by Crippen LogP contribution is 2.59. The van der Waals surface area contributed by atoms with Crippen molar-refractivity contribution in [2.24, 2.45) is 11.8 Å². The summed E-state index contributed by atoms with van der Waals surface area (Å²) in [7, 11) is 0. The smallest absolute Gasteiger partial charge is 0.253 e. The molecule has 2 aromatic carbocycles. The monoisotopic (exact) mass is 569 g/mol. The van der Waals surface area contributed by atoms with E-state index in [-0.39, 0.29) is 24.3 Å². The Morgan fingerprint density at radius 1 is 0.905 bits per heavy atom. The summed E-state index contributed by atoms with van der Waals surface area (Å²) in [5.74, 6) is -2.56. The highest BCUT2D eigenvalue weighted by molar-refractivity contribution is 6.08. The molecule has 1 spiro atoms. The van der Waals surface area contributed by atoms with E-state index in [1.165, 1.54) is 4.90 Å². The van der Waals surface area contributed by atoms with Gasteiger partial charge < -0.3 is 24.5 Å². The summed E-state index contributed by atoms with van der Waals surface area (Å²) in [6.45, 7) is 8.17. The molecule has 0 aromatic heterocycles. The Kier molecular flexibility index (Phi) is 7.10. The van der Waals surface area contributed by atoms with Crippen molar-refractivity contribution >= 4 is 29.1 Å². The minimum Gasteiger partial charge on any atom is -0.394 e. The third kappa shape index (κ3) is 3.99. The molecule has 6 rings (SSSR count). The van der Waals surface area contributed by atoms with Crippen LogP contribution < -0.4 is 9.80 Å². The number of benzene rings is 2. The lowest BCUT2D eigenvalue weighted by molar-refractivity contribution is -0.149. The Bertz CT molecular complexity index is 1470. The number of fused-ring (bicyclic) bond motifs is 2. The normalized spacial score (nSPS) is 31.1. The van der Waals surface area contributed by atoms with Gasteiger partial charge in [-0.05, 0) is 56.0 Å². The number of rotatable bonds is 6. The standard InChI is InChI=1S/C34H39N3O5/c1-5-24(21-38)37-29-32(41)36(26-20-22(3)14-15-23(26)4)19-11-17-34(29)28(31(37)40)27-30(39)35(25-12-8-7-9-13-25)18-10-16-33(27,6-2)42-34/h7-17,20,24,27-29,38H,5-6,18-19,21H2,1-4H3/t24-,27+,28-,29?,33-,34-/m0/s1. The summed E-state index contributed by atoms with van der Waals surface area (Å²) in [5.41, 5.74) is 1.05. The number of likely N-dealkylation sites (tertiary alicyclic amines) is 1. The lowest BCUT2D eigenvalue weighted by Crippen LogP contribution is -2.59. The second-order valence-corrected chi connectivity index (χ2v) is 11.9. The topological polar surface area (TPSA) is 90.4 Å². The van der Waals surface area contributed by atoms with Gasteiger partial charge in [0.05, 0.1) is 30.1 Å². The number of amides is 3. The minimum atomic E-state index is -1.37. The van der Waals surface area contributed by atoms with Gasteiger partial charge in [-0.1, -0.05) is 68.5 Å². The number of aliphatic hydroxyl groups is 1. The molecule has 4 heterocycles. The maximum Gasteiger partial charge on any atom is 0.253 e. The fourth-order valence-electron chi connectivity index (χ4n) is 7.57. The van der Waals surface area contributed by atoms with Crippen LogP contribution in [0.3, 0.4) is 0 Å². The quantitative estimate of drug-likeness (QED) is 0.533. The van der Waals surface area contributed by atoms with Gasteiger partial charge in [0.2, 0.25) is 11.8 Å². The Morgan fingerprint density at radius 3 is 2.31 bits per heavy atom. The van der Waals surface area contributed by atoms with Crippen LogP contribution in [0.25, 0.3) is 0 Å². The lowest BCUT2D eigenvalue weighted by atomic mass is 9.73. The Hall–Kier alpha value is -3.75. The zero-order chi connectivity index (χ0) is 29.8. The summed E-state index contributed by atoms with van der Waals surface area (Å²) in [6, 6.07) is 13.8. The Balaban J connectivity index is 1.53. The molecule has 2 saturated heterocycles. The second kappa shape index (κ2) is 10.5. The van der Waals surface area contributed by atoms with Crippen molar-refractivity contribution in [1.29, 1.82) is 0 Å². The molecule has 8 heteroatoms. The molecule has 1 unspecified atom stereocenters. The van der Waals surface area contributed by atoms with E-state index in [2.05, 4.69) is 0 Å². The summed E-state index contributed by atoms with van der Waals surface area (Å²) in [4.78, 5) is 49.0. The van der Waals surface area contributed by atoms with Gasteiger partial charge in [-0.15, -0.1) is 0 Å². The van der Waals surface area contributed by atoms with Crippen LogP contribution in [0.2, 0.25) is 0 Å². The summed E-state index contributed by atoms with van der Waals surface area (Å²) in [6.07, 6.45) is 8.57. The summed E-state index contributed by atoms with van der Waals surface area (Å²) < 4.78 is 7.07. The van der Waals surface area contributed by atoms with Gasteiger partial charge in [-0.25, -0.2) is 0 Å². The molecule has 3 amide bonds.